The minimum Gasteiger partial charge on any atom is -0.362 e. The highest BCUT2D eigenvalue weighted by molar-refractivity contribution is 9.10. The van der Waals surface area contributed by atoms with Crippen LogP contribution in [-0.2, 0) is 0 Å². The maximum atomic E-state index is 13.6. The standard InChI is InChI=1S/C15H14BrF3N2O2/c16-11-7-3-1-5-9(11)13(22)21-14(23,15(17,18)19)10-6-2-4-8-12(10)20-21/h1,3,5,7,10,23H,2,4,6,8H2/t10-,14+/m1/s1. The van der Waals surface area contributed by atoms with Crippen molar-refractivity contribution in [3.63, 3.8) is 0 Å². The number of halogens is 4. The van der Waals surface area contributed by atoms with Crippen molar-refractivity contribution in [3.05, 3.63) is 34.3 Å². The molecule has 4 nitrogen and oxygen atoms in total. The zero-order chi connectivity index (χ0) is 16.8. The fourth-order valence-corrected chi connectivity index (χ4v) is 3.62. The van der Waals surface area contributed by atoms with Gasteiger partial charge in [0.1, 0.15) is 0 Å². The first-order valence-corrected chi connectivity index (χ1v) is 8.01. The Kier molecular flexibility index (Phi) is 4.00. The number of benzene rings is 1. The lowest BCUT2D eigenvalue weighted by Gasteiger charge is -2.38. The SMILES string of the molecule is O=C(c1ccccc1Br)N1N=C2CCCC[C@H]2[C@]1(O)C(F)(F)F. The molecule has 0 unspecified atom stereocenters. The van der Waals surface area contributed by atoms with E-state index in [4.69, 9.17) is 0 Å². The van der Waals surface area contributed by atoms with Gasteiger partial charge in [-0.2, -0.15) is 23.3 Å². The third-order valence-corrected chi connectivity index (χ3v) is 5.02. The molecule has 0 radical (unpaired) electrons. The van der Waals surface area contributed by atoms with Gasteiger partial charge < -0.3 is 5.11 Å². The predicted octanol–water partition coefficient (Wildman–Crippen LogP) is 3.70. The van der Waals surface area contributed by atoms with Gasteiger partial charge in [-0.15, -0.1) is 0 Å². The summed E-state index contributed by atoms with van der Waals surface area (Å²) < 4.78 is 41.2. The van der Waals surface area contributed by atoms with Gasteiger partial charge >= 0.3 is 6.18 Å². The van der Waals surface area contributed by atoms with Gasteiger partial charge in [-0.05, 0) is 47.3 Å². The number of aliphatic hydroxyl groups is 1. The summed E-state index contributed by atoms with van der Waals surface area (Å²) in [5.41, 5.74) is -3.01. The quantitative estimate of drug-likeness (QED) is 0.794. The van der Waals surface area contributed by atoms with E-state index in [1.807, 2.05) is 0 Å². The third kappa shape index (κ3) is 2.48. The summed E-state index contributed by atoms with van der Waals surface area (Å²) >= 11 is 3.15. The van der Waals surface area contributed by atoms with E-state index < -0.39 is 23.7 Å². The van der Waals surface area contributed by atoms with E-state index in [1.54, 1.807) is 18.2 Å². The molecule has 124 valence electrons. The number of carbonyl (C=O) groups is 1. The summed E-state index contributed by atoms with van der Waals surface area (Å²) in [6.45, 7) is 0. The summed E-state index contributed by atoms with van der Waals surface area (Å²) in [6.07, 6.45) is -3.19. The van der Waals surface area contributed by atoms with E-state index in [0.717, 1.165) is 0 Å². The van der Waals surface area contributed by atoms with Crippen LogP contribution < -0.4 is 0 Å². The van der Waals surface area contributed by atoms with E-state index >= 15 is 0 Å². The lowest BCUT2D eigenvalue weighted by atomic mass is 9.80. The molecule has 23 heavy (non-hydrogen) atoms. The van der Waals surface area contributed by atoms with Crippen LogP contribution in [0, 0.1) is 5.92 Å². The van der Waals surface area contributed by atoms with Crippen LogP contribution in [0.15, 0.2) is 33.8 Å². The number of rotatable bonds is 1. The maximum Gasteiger partial charge on any atom is 0.439 e. The molecular weight excluding hydrogens is 377 g/mol. The van der Waals surface area contributed by atoms with Crippen LogP contribution in [0.5, 0.6) is 0 Å². The monoisotopic (exact) mass is 390 g/mol. The summed E-state index contributed by atoms with van der Waals surface area (Å²) in [5.74, 6) is -2.16. The van der Waals surface area contributed by atoms with Crippen LogP contribution in [0.2, 0.25) is 0 Å². The molecule has 0 aromatic heterocycles. The first kappa shape index (κ1) is 16.4. The van der Waals surface area contributed by atoms with Crippen molar-refractivity contribution < 1.29 is 23.1 Å². The molecule has 8 heteroatoms. The normalized spacial score (nSPS) is 27.6. The molecule has 1 heterocycles. The third-order valence-electron chi connectivity index (χ3n) is 4.33. The lowest BCUT2D eigenvalue weighted by molar-refractivity contribution is -0.312. The number of hydrogen-bond donors (Lipinski definition) is 1. The molecule has 1 amide bonds. The van der Waals surface area contributed by atoms with Crippen LogP contribution in [0.25, 0.3) is 0 Å². The second kappa shape index (κ2) is 5.59. The van der Waals surface area contributed by atoms with E-state index in [0.29, 0.717) is 23.7 Å². The molecule has 1 aromatic rings. The number of hydrazone groups is 1. The zero-order valence-corrected chi connectivity index (χ0v) is 13.6. The molecule has 1 aliphatic heterocycles. The second-order valence-corrected chi connectivity index (χ2v) is 6.56. The van der Waals surface area contributed by atoms with Crippen LogP contribution in [0.1, 0.15) is 36.0 Å². The molecule has 1 saturated carbocycles. The van der Waals surface area contributed by atoms with Crippen molar-refractivity contribution in [3.8, 4) is 0 Å². The first-order valence-electron chi connectivity index (χ1n) is 7.22. The molecular formula is C15H14BrF3N2O2. The van der Waals surface area contributed by atoms with Gasteiger partial charge in [0, 0.05) is 10.2 Å². The fraction of sp³-hybridized carbons (Fsp3) is 0.467. The Morgan fingerprint density at radius 2 is 2.04 bits per heavy atom. The molecule has 0 spiro atoms. The Balaban J connectivity index is 2.07. The summed E-state index contributed by atoms with van der Waals surface area (Å²) in [6, 6.07) is 6.13. The fourth-order valence-electron chi connectivity index (χ4n) is 3.17. The zero-order valence-electron chi connectivity index (χ0n) is 12.0. The Morgan fingerprint density at radius 3 is 2.70 bits per heavy atom. The Labute approximate surface area is 139 Å². The number of hydrogen-bond acceptors (Lipinski definition) is 3. The average Bonchev–Trinajstić information content (AvgIpc) is 2.82. The predicted molar refractivity (Wildman–Crippen MR) is 80.7 cm³/mol. The van der Waals surface area contributed by atoms with Crippen molar-refractivity contribution in [2.45, 2.75) is 37.6 Å². The number of nitrogens with zero attached hydrogens (tertiary/aromatic N) is 2. The van der Waals surface area contributed by atoms with E-state index in [1.165, 1.54) is 6.07 Å². The van der Waals surface area contributed by atoms with Gasteiger partial charge in [0.05, 0.1) is 11.5 Å². The molecule has 1 fully saturated rings. The highest BCUT2D eigenvalue weighted by Crippen LogP contribution is 2.48. The molecule has 0 bridgehead atoms. The topological polar surface area (TPSA) is 52.9 Å². The van der Waals surface area contributed by atoms with Crippen molar-refractivity contribution >= 4 is 27.5 Å². The van der Waals surface area contributed by atoms with E-state index in [9.17, 15) is 23.1 Å². The summed E-state index contributed by atoms with van der Waals surface area (Å²) in [7, 11) is 0. The number of carbonyl (C=O) groups excluding carboxylic acids is 1. The lowest BCUT2D eigenvalue weighted by Crippen LogP contribution is -2.61. The molecule has 1 aliphatic carbocycles. The highest BCUT2D eigenvalue weighted by atomic mass is 79.9. The number of fused-ring (bicyclic) bond motifs is 1. The smallest absolute Gasteiger partial charge is 0.362 e. The van der Waals surface area contributed by atoms with Crippen molar-refractivity contribution in [2.75, 3.05) is 0 Å². The molecule has 2 atom stereocenters. The highest BCUT2D eigenvalue weighted by Gasteiger charge is 2.68. The Hall–Kier alpha value is -1.41. The minimum absolute atomic E-state index is 0.0261. The van der Waals surface area contributed by atoms with Gasteiger partial charge in [0.15, 0.2) is 0 Å². The molecule has 2 aliphatic rings. The maximum absolute atomic E-state index is 13.6. The molecule has 0 saturated heterocycles. The van der Waals surface area contributed by atoms with Gasteiger partial charge in [-0.1, -0.05) is 18.6 Å². The van der Waals surface area contributed by atoms with Crippen molar-refractivity contribution in [1.82, 2.24) is 5.01 Å². The van der Waals surface area contributed by atoms with Gasteiger partial charge in [-0.3, -0.25) is 4.79 Å². The Morgan fingerprint density at radius 1 is 1.35 bits per heavy atom. The molecule has 1 N–H and O–H groups in total. The van der Waals surface area contributed by atoms with E-state index in [2.05, 4.69) is 21.0 Å². The number of amides is 1. The van der Waals surface area contributed by atoms with Gasteiger partial charge in [-0.25, -0.2) is 0 Å². The van der Waals surface area contributed by atoms with E-state index in [-0.39, 0.29) is 22.7 Å². The van der Waals surface area contributed by atoms with Crippen LogP contribution in [0.4, 0.5) is 13.2 Å². The molecule has 1 aromatic carbocycles. The van der Waals surface area contributed by atoms with Crippen molar-refractivity contribution in [2.24, 2.45) is 11.0 Å². The Bertz CT molecular complexity index is 677. The minimum atomic E-state index is -4.99. The molecule has 3 rings (SSSR count). The largest absolute Gasteiger partial charge is 0.439 e. The van der Waals surface area contributed by atoms with Crippen LogP contribution in [-0.4, -0.2) is 33.6 Å². The van der Waals surface area contributed by atoms with Gasteiger partial charge in [0.25, 0.3) is 11.6 Å². The first-order chi connectivity index (χ1) is 10.8. The summed E-state index contributed by atoms with van der Waals surface area (Å²) in [4.78, 5) is 12.6. The van der Waals surface area contributed by atoms with Crippen LogP contribution >= 0.6 is 15.9 Å². The van der Waals surface area contributed by atoms with Gasteiger partial charge in [0.2, 0.25) is 0 Å². The average molecular weight is 391 g/mol. The number of alkyl halides is 3. The van der Waals surface area contributed by atoms with Crippen molar-refractivity contribution in [1.29, 1.82) is 0 Å². The van der Waals surface area contributed by atoms with Crippen LogP contribution in [0.3, 0.4) is 0 Å². The second-order valence-electron chi connectivity index (χ2n) is 5.71. The summed E-state index contributed by atoms with van der Waals surface area (Å²) in [5, 5.41) is 14.5.